The van der Waals surface area contributed by atoms with Gasteiger partial charge in [-0.05, 0) is 63.0 Å². The zero-order chi connectivity index (χ0) is 15.1. The van der Waals surface area contributed by atoms with Crippen molar-refractivity contribution in [1.29, 1.82) is 0 Å². The Hall–Kier alpha value is -1.16. The predicted octanol–water partition coefficient (Wildman–Crippen LogP) is 3.57. The molecule has 0 spiro atoms. The quantitative estimate of drug-likeness (QED) is 0.802. The molecule has 1 aromatic heterocycles. The molecule has 0 radical (unpaired) electrons. The molecule has 1 unspecified atom stereocenters. The molecule has 21 heavy (non-hydrogen) atoms. The minimum atomic E-state index is 0.563. The molecule has 0 fully saturated rings. The number of hydrogen-bond acceptors (Lipinski definition) is 3. The highest BCUT2D eigenvalue weighted by Crippen LogP contribution is 2.15. The molecule has 0 amide bonds. The Morgan fingerprint density at radius 1 is 1.14 bits per heavy atom. The third-order valence-corrected chi connectivity index (χ3v) is 4.85. The van der Waals surface area contributed by atoms with Crippen LogP contribution in [0.3, 0.4) is 0 Å². The maximum Gasteiger partial charge on any atom is 0.0233 e. The van der Waals surface area contributed by atoms with E-state index in [1.807, 2.05) is 18.4 Å². The van der Waals surface area contributed by atoms with Gasteiger partial charge in [-0.3, -0.25) is 4.90 Å². The number of rotatable bonds is 8. The zero-order valence-electron chi connectivity index (χ0n) is 13.3. The van der Waals surface area contributed by atoms with Crippen molar-refractivity contribution in [2.45, 2.75) is 32.4 Å². The Kier molecular flexibility index (Phi) is 6.43. The van der Waals surface area contributed by atoms with Crippen LogP contribution in [0.25, 0.3) is 0 Å². The molecule has 0 saturated carbocycles. The molecule has 2 nitrogen and oxygen atoms in total. The number of nitrogens with zero attached hydrogens (tertiary/aromatic N) is 1. The summed E-state index contributed by atoms with van der Waals surface area (Å²) in [6, 6.07) is 14.0. The van der Waals surface area contributed by atoms with Gasteiger partial charge in [0.15, 0.2) is 0 Å². The molecule has 1 heterocycles. The Morgan fingerprint density at radius 2 is 1.86 bits per heavy atom. The minimum Gasteiger partial charge on any atom is -0.319 e. The van der Waals surface area contributed by atoms with E-state index in [2.05, 4.69) is 66.0 Å². The topological polar surface area (TPSA) is 15.3 Å². The van der Waals surface area contributed by atoms with E-state index in [4.69, 9.17) is 0 Å². The molecular formula is C18H26N2S. The molecule has 0 aliphatic rings. The van der Waals surface area contributed by atoms with Gasteiger partial charge in [0, 0.05) is 17.5 Å². The maximum absolute atomic E-state index is 3.19. The second-order valence-electron chi connectivity index (χ2n) is 5.72. The van der Waals surface area contributed by atoms with Gasteiger partial charge in [0.25, 0.3) is 0 Å². The number of nitrogens with one attached hydrogen (secondary N) is 1. The largest absolute Gasteiger partial charge is 0.319 e. The number of benzene rings is 1. The summed E-state index contributed by atoms with van der Waals surface area (Å²) < 4.78 is 0. The molecule has 2 aromatic rings. The fourth-order valence-electron chi connectivity index (χ4n) is 2.40. The molecular weight excluding hydrogens is 276 g/mol. The normalized spacial score (nSPS) is 12.8. The van der Waals surface area contributed by atoms with Crippen LogP contribution < -0.4 is 5.32 Å². The monoisotopic (exact) mass is 302 g/mol. The zero-order valence-corrected chi connectivity index (χ0v) is 14.1. The number of thiophene rings is 1. The first kappa shape index (κ1) is 16.2. The van der Waals surface area contributed by atoms with E-state index in [0.717, 1.165) is 25.9 Å². The van der Waals surface area contributed by atoms with Gasteiger partial charge in [-0.15, -0.1) is 11.3 Å². The maximum atomic E-state index is 3.19. The van der Waals surface area contributed by atoms with E-state index < -0.39 is 0 Å². The average molecular weight is 302 g/mol. The molecule has 3 heteroatoms. The van der Waals surface area contributed by atoms with Crippen molar-refractivity contribution >= 4 is 11.3 Å². The summed E-state index contributed by atoms with van der Waals surface area (Å²) in [7, 11) is 4.21. The molecule has 1 aromatic carbocycles. The number of likely N-dealkylation sites (N-methyl/N-ethyl adjacent to an activating group) is 2. The highest BCUT2D eigenvalue weighted by molar-refractivity contribution is 7.09. The lowest BCUT2D eigenvalue weighted by atomic mass is 10.1. The molecule has 114 valence electrons. The van der Waals surface area contributed by atoms with E-state index in [1.54, 1.807) is 0 Å². The summed E-state index contributed by atoms with van der Waals surface area (Å²) in [5.74, 6) is 0. The smallest absolute Gasteiger partial charge is 0.0233 e. The second kappa shape index (κ2) is 8.32. The van der Waals surface area contributed by atoms with Crippen LogP contribution in [0.4, 0.5) is 0 Å². The summed E-state index contributed by atoms with van der Waals surface area (Å²) in [5.41, 5.74) is 2.80. The fraction of sp³-hybridized carbons (Fsp3) is 0.444. The van der Waals surface area contributed by atoms with Crippen LogP contribution in [0.15, 0.2) is 41.8 Å². The van der Waals surface area contributed by atoms with Crippen LogP contribution in [-0.2, 0) is 19.4 Å². The summed E-state index contributed by atoms with van der Waals surface area (Å²) >= 11 is 1.85. The van der Waals surface area contributed by atoms with Crippen LogP contribution in [0.5, 0.6) is 0 Å². The van der Waals surface area contributed by atoms with Gasteiger partial charge in [-0.25, -0.2) is 0 Å². The highest BCUT2D eigenvalue weighted by Gasteiger charge is 2.11. The van der Waals surface area contributed by atoms with Gasteiger partial charge in [0.2, 0.25) is 0 Å². The van der Waals surface area contributed by atoms with Crippen molar-refractivity contribution in [1.82, 2.24) is 10.2 Å². The van der Waals surface area contributed by atoms with Crippen molar-refractivity contribution < 1.29 is 0 Å². The Labute approximate surface area is 132 Å². The standard InChI is InChI=1S/C18H26N2S/c1-15(13-18-5-4-12-21-18)20(3)14-17-8-6-16(7-9-17)10-11-19-2/h4-9,12,15,19H,10-11,13-14H2,1-3H3. The van der Waals surface area contributed by atoms with Gasteiger partial charge in [-0.2, -0.15) is 0 Å². The molecule has 2 rings (SSSR count). The summed E-state index contributed by atoms with van der Waals surface area (Å²) in [6.45, 7) is 4.36. The SMILES string of the molecule is CNCCc1ccc(CN(C)C(C)Cc2cccs2)cc1. The van der Waals surface area contributed by atoms with Gasteiger partial charge < -0.3 is 5.32 Å². The van der Waals surface area contributed by atoms with Crippen LogP contribution in [0, 0.1) is 0 Å². The summed E-state index contributed by atoms with van der Waals surface area (Å²) in [6.07, 6.45) is 2.23. The van der Waals surface area contributed by atoms with Gasteiger partial charge in [-0.1, -0.05) is 30.3 Å². The van der Waals surface area contributed by atoms with E-state index in [9.17, 15) is 0 Å². The van der Waals surface area contributed by atoms with E-state index in [-0.39, 0.29) is 0 Å². The third-order valence-electron chi connectivity index (χ3n) is 3.95. The average Bonchev–Trinajstić information content (AvgIpc) is 2.99. The highest BCUT2D eigenvalue weighted by atomic mass is 32.1. The molecule has 0 saturated heterocycles. The molecule has 1 N–H and O–H groups in total. The van der Waals surface area contributed by atoms with Crippen molar-refractivity contribution in [3.8, 4) is 0 Å². The van der Waals surface area contributed by atoms with Gasteiger partial charge >= 0.3 is 0 Å². The molecule has 0 bridgehead atoms. The lowest BCUT2D eigenvalue weighted by Gasteiger charge is -2.24. The van der Waals surface area contributed by atoms with E-state index in [1.165, 1.54) is 16.0 Å². The minimum absolute atomic E-state index is 0.563. The first-order chi connectivity index (χ1) is 10.2. The van der Waals surface area contributed by atoms with Gasteiger partial charge in [0.05, 0.1) is 0 Å². The fourth-order valence-corrected chi connectivity index (χ4v) is 3.23. The molecule has 1 atom stereocenters. The van der Waals surface area contributed by atoms with E-state index in [0.29, 0.717) is 6.04 Å². The number of hydrogen-bond donors (Lipinski definition) is 1. The van der Waals surface area contributed by atoms with Crippen molar-refractivity contribution in [2.24, 2.45) is 0 Å². The first-order valence-electron chi connectivity index (χ1n) is 7.64. The Balaban J connectivity index is 1.85. The second-order valence-corrected chi connectivity index (χ2v) is 6.75. The Morgan fingerprint density at radius 3 is 2.48 bits per heavy atom. The Bertz CT molecular complexity index is 505. The van der Waals surface area contributed by atoms with Crippen molar-refractivity contribution in [2.75, 3.05) is 20.6 Å². The lowest BCUT2D eigenvalue weighted by molar-refractivity contribution is 0.249. The van der Waals surface area contributed by atoms with E-state index >= 15 is 0 Å². The van der Waals surface area contributed by atoms with Gasteiger partial charge in [0.1, 0.15) is 0 Å². The lowest BCUT2D eigenvalue weighted by Crippen LogP contribution is -2.30. The molecule has 0 aliphatic heterocycles. The molecule has 0 aliphatic carbocycles. The van der Waals surface area contributed by atoms with Crippen LogP contribution >= 0.6 is 11.3 Å². The van der Waals surface area contributed by atoms with Crippen molar-refractivity contribution in [3.63, 3.8) is 0 Å². The summed E-state index contributed by atoms with van der Waals surface area (Å²) in [5, 5.41) is 5.35. The van der Waals surface area contributed by atoms with Crippen LogP contribution in [0.1, 0.15) is 22.9 Å². The van der Waals surface area contributed by atoms with Crippen LogP contribution in [0.2, 0.25) is 0 Å². The first-order valence-corrected chi connectivity index (χ1v) is 8.52. The summed E-state index contributed by atoms with van der Waals surface area (Å²) in [4.78, 5) is 3.90. The van der Waals surface area contributed by atoms with Crippen LogP contribution in [-0.4, -0.2) is 31.6 Å². The van der Waals surface area contributed by atoms with Crippen molar-refractivity contribution in [3.05, 3.63) is 57.8 Å². The third kappa shape index (κ3) is 5.27. The predicted molar refractivity (Wildman–Crippen MR) is 93.0 cm³/mol.